The van der Waals surface area contributed by atoms with Crippen LogP contribution in [0.3, 0.4) is 0 Å². The monoisotopic (exact) mass is 292 g/mol. The first-order valence-electron chi connectivity index (χ1n) is 6.66. The fourth-order valence-electron chi connectivity index (χ4n) is 1.89. The molecule has 0 aliphatic rings. The molecule has 2 aromatic rings. The standard InChI is InChI=1S/C15H20N2O2S/c1-4-7-16-9-11-10-20-15(17-11)13-8-12(18-2)5-6-14(13)19-3/h5-6,8,10,16H,4,7,9H2,1-3H3. The lowest BCUT2D eigenvalue weighted by atomic mass is 10.2. The van der Waals surface area contributed by atoms with Crippen LogP contribution >= 0.6 is 11.3 Å². The molecule has 0 amide bonds. The molecule has 1 N–H and O–H groups in total. The maximum absolute atomic E-state index is 5.40. The second-order valence-corrected chi connectivity index (χ2v) is 5.25. The van der Waals surface area contributed by atoms with Gasteiger partial charge in [0.1, 0.15) is 16.5 Å². The first kappa shape index (κ1) is 14.8. The molecule has 108 valence electrons. The van der Waals surface area contributed by atoms with E-state index >= 15 is 0 Å². The molecule has 2 rings (SSSR count). The van der Waals surface area contributed by atoms with Gasteiger partial charge in [0.2, 0.25) is 0 Å². The average molecular weight is 292 g/mol. The van der Waals surface area contributed by atoms with Crippen LogP contribution < -0.4 is 14.8 Å². The Hall–Kier alpha value is -1.59. The Morgan fingerprint density at radius 3 is 2.80 bits per heavy atom. The molecule has 0 spiro atoms. The van der Waals surface area contributed by atoms with E-state index < -0.39 is 0 Å². The molecule has 0 fully saturated rings. The number of thiazole rings is 1. The second-order valence-electron chi connectivity index (χ2n) is 4.39. The highest BCUT2D eigenvalue weighted by Crippen LogP contribution is 2.35. The maximum Gasteiger partial charge on any atom is 0.129 e. The topological polar surface area (TPSA) is 43.4 Å². The molecule has 0 aliphatic carbocycles. The van der Waals surface area contributed by atoms with Crippen LogP contribution in [0.4, 0.5) is 0 Å². The summed E-state index contributed by atoms with van der Waals surface area (Å²) in [4.78, 5) is 4.66. The molecule has 0 bridgehead atoms. The number of nitrogens with one attached hydrogen (secondary N) is 1. The van der Waals surface area contributed by atoms with Crippen molar-refractivity contribution in [3.8, 4) is 22.1 Å². The van der Waals surface area contributed by atoms with Crippen molar-refractivity contribution in [2.75, 3.05) is 20.8 Å². The van der Waals surface area contributed by atoms with Gasteiger partial charge in [0.15, 0.2) is 0 Å². The van der Waals surface area contributed by atoms with E-state index in [-0.39, 0.29) is 0 Å². The largest absolute Gasteiger partial charge is 0.497 e. The Kier molecular flexibility index (Phi) is 5.38. The molecule has 0 aliphatic heterocycles. The van der Waals surface area contributed by atoms with Crippen LogP contribution in [0, 0.1) is 0 Å². The van der Waals surface area contributed by atoms with Crippen LogP contribution in [-0.2, 0) is 6.54 Å². The fourth-order valence-corrected chi connectivity index (χ4v) is 2.73. The highest BCUT2D eigenvalue weighted by molar-refractivity contribution is 7.13. The number of rotatable bonds is 7. The summed E-state index contributed by atoms with van der Waals surface area (Å²) < 4.78 is 10.7. The molecule has 0 unspecified atom stereocenters. The van der Waals surface area contributed by atoms with Crippen LogP contribution in [0.5, 0.6) is 11.5 Å². The summed E-state index contributed by atoms with van der Waals surface area (Å²) in [6.07, 6.45) is 1.13. The third-order valence-electron chi connectivity index (χ3n) is 2.92. The van der Waals surface area contributed by atoms with Crippen molar-refractivity contribution in [2.45, 2.75) is 19.9 Å². The van der Waals surface area contributed by atoms with Crippen molar-refractivity contribution in [3.05, 3.63) is 29.3 Å². The number of hydrogen-bond donors (Lipinski definition) is 1. The zero-order valence-corrected chi connectivity index (χ0v) is 12.9. The summed E-state index contributed by atoms with van der Waals surface area (Å²) in [5.41, 5.74) is 2.03. The van der Waals surface area contributed by atoms with Gasteiger partial charge in [0, 0.05) is 11.9 Å². The van der Waals surface area contributed by atoms with Crippen molar-refractivity contribution in [2.24, 2.45) is 0 Å². The lowest BCUT2D eigenvalue weighted by molar-refractivity contribution is 0.404. The maximum atomic E-state index is 5.40. The van der Waals surface area contributed by atoms with E-state index in [1.807, 2.05) is 18.2 Å². The quantitative estimate of drug-likeness (QED) is 0.795. The number of methoxy groups -OCH3 is 2. The van der Waals surface area contributed by atoms with Crippen LogP contribution in [-0.4, -0.2) is 25.7 Å². The third-order valence-corrected chi connectivity index (χ3v) is 3.85. The summed E-state index contributed by atoms with van der Waals surface area (Å²) in [7, 11) is 3.33. The SMILES string of the molecule is CCCNCc1csc(-c2cc(OC)ccc2OC)n1. The van der Waals surface area contributed by atoms with Crippen molar-refractivity contribution >= 4 is 11.3 Å². The van der Waals surface area contributed by atoms with Gasteiger partial charge in [-0.25, -0.2) is 4.98 Å². The van der Waals surface area contributed by atoms with E-state index in [1.165, 1.54) is 0 Å². The van der Waals surface area contributed by atoms with E-state index in [1.54, 1.807) is 25.6 Å². The van der Waals surface area contributed by atoms with Gasteiger partial charge in [0.05, 0.1) is 25.5 Å². The summed E-state index contributed by atoms with van der Waals surface area (Å²) >= 11 is 1.62. The Labute approximate surface area is 123 Å². The van der Waals surface area contributed by atoms with Gasteiger partial charge in [-0.3, -0.25) is 0 Å². The smallest absolute Gasteiger partial charge is 0.129 e. The van der Waals surface area contributed by atoms with Crippen molar-refractivity contribution in [1.82, 2.24) is 10.3 Å². The van der Waals surface area contributed by atoms with E-state index in [4.69, 9.17) is 9.47 Å². The van der Waals surface area contributed by atoms with Gasteiger partial charge < -0.3 is 14.8 Å². The van der Waals surface area contributed by atoms with Gasteiger partial charge >= 0.3 is 0 Å². The van der Waals surface area contributed by atoms with E-state index in [0.29, 0.717) is 0 Å². The minimum absolute atomic E-state index is 0.802. The Bertz CT molecular complexity index is 555. The van der Waals surface area contributed by atoms with Crippen molar-refractivity contribution in [1.29, 1.82) is 0 Å². The fraction of sp³-hybridized carbons (Fsp3) is 0.400. The summed E-state index contributed by atoms with van der Waals surface area (Å²) in [6.45, 7) is 3.96. The van der Waals surface area contributed by atoms with Gasteiger partial charge in [-0.05, 0) is 31.2 Å². The second kappa shape index (κ2) is 7.26. The lowest BCUT2D eigenvalue weighted by Crippen LogP contribution is -2.13. The molecule has 4 nitrogen and oxygen atoms in total. The summed E-state index contributed by atoms with van der Waals surface area (Å²) in [5.74, 6) is 1.62. The molecule has 0 saturated heterocycles. The minimum Gasteiger partial charge on any atom is -0.497 e. The minimum atomic E-state index is 0.802. The first-order valence-corrected chi connectivity index (χ1v) is 7.54. The highest BCUT2D eigenvalue weighted by atomic mass is 32.1. The van der Waals surface area contributed by atoms with E-state index in [0.717, 1.165) is 47.3 Å². The number of nitrogens with zero attached hydrogens (tertiary/aromatic N) is 1. The first-order chi connectivity index (χ1) is 9.78. The predicted molar refractivity (Wildman–Crippen MR) is 82.7 cm³/mol. The third kappa shape index (κ3) is 3.49. The Morgan fingerprint density at radius 1 is 1.25 bits per heavy atom. The zero-order chi connectivity index (χ0) is 14.4. The Morgan fingerprint density at radius 2 is 2.10 bits per heavy atom. The van der Waals surface area contributed by atoms with Crippen LogP contribution in [0.25, 0.3) is 10.6 Å². The highest BCUT2D eigenvalue weighted by Gasteiger charge is 2.11. The summed E-state index contributed by atoms with van der Waals surface area (Å²) in [5, 5.41) is 6.39. The zero-order valence-electron chi connectivity index (χ0n) is 12.1. The van der Waals surface area contributed by atoms with Crippen LogP contribution in [0.1, 0.15) is 19.0 Å². The molecule has 0 saturated carbocycles. The molecule has 0 radical (unpaired) electrons. The number of hydrogen-bond acceptors (Lipinski definition) is 5. The van der Waals surface area contributed by atoms with Gasteiger partial charge in [-0.2, -0.15) is 0 Å². The number of ether oxygens (including phenoxy) is 2. The molecule has 20 heavy (non-hydrogen) atoms. The molecular formula is C15H20N2O2S. The molecule has 0 atom stereocenters. The van der Waals surface area contributed by atoms with Crippen molar-refractivity contribution < 1.29 is 9.47 Å². The van der Waals surface area contributed by atoms with Crippen LogP contribution in [0.2, 0.25) is 0 Å². The van der Waals surface area contributed by atoms with Gasteiger partial charge in [-0.15, -0.1) is 11.3 Å². The van der Waals surface area contributed by atoms with Gasteiger partial charge in [0.25, 0.3) is 0 Å². The molecule has 5 heteroatoms. The lowest BCUT2D eigenvalue weighted by Gasteiger charge is -2.08. The summed E-state index contributed by atoms with van der Waals surface area (Å²) in [6, 6.07) is 5.76. The van der Waals surface area contributed by atoms with E-state index in [2.05, 4.69) is 22.6 Å². The van der Waals surface area contributed by atoms with Gasteiger partial charge in [-0.1, -0.05) is 6.92 Å². The molecule has 1 heterocycles. The molecular weight excluding hydrogens is 272 g/mol. The normalized spacial score (nSPS) is 10.6. The molecule has 1 aromatic heterocycles. The number of aromatic nitrogens is 1. The van der Waals surface area contributed by atoms with Crippen LogP contribution in [0.15, 0.2) is 23.6 Å². The van der Waals surface area contributed by atoms with E-state index in [9.17, 15) is 0 Å². The Balaban J connectivity index is 2.22. The number of benzene rings is 1. The average Bonchev–Trinajstić information content (AvgIpc) is 2.95. The molecule has 1 aromatic carbocycles. The van der Waals surface area contributed by atoms with Crippen molar-refractivity contribution in [3.63, 3.8) is 0 Å². The predicted octanol–water partition coefficient (Wildman–Crippen LogP) is 3.33.